The van der Waals surface area contributed by atoms with Crippen molar-refractivity contribution >= 4 is 23.4 Å². The van der Waals surface area contributed by atoms with Gasteiger partial charge in [0, 0.05) is 16.5 Å². The van der Waals surface area contributed by atoms with Gasteiger partial charge in [0.1, 0.15) is 12.4 Å². The summed E-state index contributed by atoms with van der Waals surface area (Å²) < 4.78 is 7.63. The number of hydrogen-bond acceptors (Lipinski definition) is 5. The third-order valence-electron chi connectivity index (χ3n) is 4.26. The summed E-state index contributed by atoms with van der Waals surface area (Å²) in [5, 5.41) is 13.1. The number of aryl methyl sites for hydroxylation is 2. The lowest BCUT2D eigenvalue weighted by Gasteiger charge is -2.05. The first-order valence-electron chi connectivity index (χ1n) is 9.12. The number of rotatable bonds is 7. The lowest BCUT2D eigenvalue weighted by atomic mass is 10.2. The van der Waals surface area contributed by atoms with Crippen molar-refractivity contribution in [3.05, 3.63) is 82.4 Å². The van der Waals surface area contributed by atoms with E-state index < -0.39 is 0 Å². The van der Waals surface area contributed by atoms with Gasteiger partial charge in [-0.25, -0.2) is 9.67 Å². The molecule has 0 bridgehead atoms. The maximum Gasteiger partial charge on any atom is 0.208 e. The summed E-state index contributed by atoms with van der Waals surface area (Å²) in [4.78, 5) is 4.47. The van der Waals surface area contributed by atoms with Gasteiger partial charge in [0.05, 0.1) is 11.4 Å². The molecule has 0 atom stereocenters. The Labute approximate surface area is 178 Å². The van der Waals surface area contributed by atoms with Crippen LogP contribution in [0.4, 0.5) is 0 Å². The fourth-order valence-electron chi connectivity index (χ4n) is 2.86. The molecule has 2 heterocycles. The number of nitrogens with zero attached hydrogens (tertiary/aromatic N) is 4. The van der Waals surface area contributed by atoms with E-state index in [0.29, 0.717) is 22.6 Å². The predicted molar refractivity (Wildman–Crippen MR) is 115 cm³/mol. The monoisotopic (exact) mass is 425 g/mol. The van der Waals surface area contributed by atoms with Gasteiger partial charge in [-0.15, -0.1) is 5.10 Å². The first-order chi connectivity index (χ1) is 14.1. The molecule has 4 rings (SSSR count). The highest BCUT2D eigenvalue weighted by molar-refractivity contribution is 7.98. The Balaban J connectivity index is 1.31. The molecule has 0 amide bonds. The van der Waals surface area contributed by atoms with Crippen molar-refractivity contribution in [2.24, 2.45) is 0 Å². The third-order valence-corrected chi connectivity index (χ3v) is 5.43. The van der Waals surface area contributed by atoms with Crippen LogP contribution in [0.5, 0.6) is 5.75 Å². The molecule has 0 spiro atoms. The molecule has 0 radical (unpaired) electrons. The Morgan fingerprint density at radius 2 is 1.83 bits per heavy atom. The van der Waals surface area contributed by atoms with E-state index in [2.05, 4.69) is 57.5 Å². The maximum absolute atomic E-state index is 5.87. The lowest BCUT2D eigenvalue weighted by Crippen LogP contribution is -1.99. The number of halogens is 1. The van der Waals surface area contributed by atoms with E-state index in [4.69, 9.17) is 16.3 Å². The Hall–Kier alpha value is -2.77. The van der Waals surface area contributed by atoms with E-state index >= 15 is 0 Å². The van der Waals surface area contributed by atoms with E-state index in [1.807, 2.05) is 23.7 Å². The van der Waals surface area contributed by atoms with Crippen LogP contribution in [-0.4, -0.2) is 25.0 Å². The summed E-state index contributed by atoms with van der Waals surface area (Å²) in [5.41, 5.74) is 4.40. The fraction of sp³-hybridized carbons (Fsp3) is 0.190. The Morgan fingerprint density at radius 1 is 1.07 bits per heavy atom. The molecule has 29 heavy (non-hydrogen) atoms. The summed E-state index contributed by atoms with van der Waals surface area (Å²) in [6.45, 7) is 4.38. The van der Waals surface area contributed by atoms with Gasteiger partial charge < -0.3 is 4.74 Å². The number of aromatic nitrogens is 5. The zero-order valence-corrected chi connectivity index (χ0v) is 17.7. The van der Waals surface area contributed by atoms with Crippen LogP contribution in [0, 0.1) is 13.8 Å². The van der Waals surface area contributed by atoms with Crippen molar-refractivity contribution in [3.63, 3.8) is 0 Å². The summed E-state index contributed by atoms with van der Waals surface area (Å²) in [6, 6.07) is 17.7. The van der Waals surface area contributed by atoms with Gasteiger partial charge in [-0.2, -0.15) is 5.10 Å². The smallest absolute Gasteiger partial charge is 0.208 e. The van der Waals surface area contributed by atoms with Crippen LogP contribution in [0.3, 0.4) is 0 Å². The van der Waals surface area contributed by atoms with Crippen LogP contribution in [0.25, 0.3) is 5.69 Å². The second-order valence-corrected chi connectivity index (χ2v) is 7.98. The van der Waals surface area contributed by atoms with E-state index in [-0.39, 0.29) is 0 Å². The SMILES string of the molecule is Cc1cc(C)n(-c2ccc(CSc3n[nH]c(COc4ccc(Cl)cc4)n3)cc2)n1. The van der Waals surface area contributed by atoms with Gasteiger partial charge in [0.15, 0.2) is 5.82 Å². The number of benzene rings is 2. The summed E-state index contributed by atoms with van der Waals surface area (Å²) in [6.07, 6.45) is 0. The minimum atomic E-state index is 0.326. The van der Waals surface area contributed by atoms with Crippen molar-refractivity contribution in [2.75, 3.05) is 0 Å². The first kappa shape index (κ1) is 19.5. The molecule has 2 aromatic carbocycles. The average Bonchev–Trinajstić information content (AvgIpc) is 3.32. The molecule has 0 aliphatic rings. The molecule has 8 heteroatoms. The molecular formula is C21H20ClN5OS. The van der Waals surface area contributed by atoms with Gasteiger partial charge in [0.2, 0.25) is 5.16 Å². The largest absolute Gasteiger partial charge is 0.486 e. The quantitative estimate of drug-likeness (QED) is 0.415. The summed E-state index contributed by atoms with van der Waals surface area (Å²) in [7, 11) is 0. The van der Waals surface area contributed by atoms with Crippen molar-refractivity contribution < 1.29 is 4.74 Å². The van der Waals surface area contributed by atoms with Crippen LogP contribution in [0.2, 0.25) is 5.02 Å². The molecule has 0 saturated carbocycles. The van der Waals surface area contributed by atoms with Crippen LogP contribution >= 0.6 is 23.4 Å². The predicted octanol–water partition coefficient (Wildman–Crippen LogP) is 5.13. The van der Waals surface area contributed by atoms with Gasteiger partial charge in [0.25, 0.3) is 0 Å². The van der Waals surface area contributed by atoms with E-state index in [1.165, 1.54) is 5.56 Å². The number of ether oxygens (including phenoxy) is 1. The Bertz CT molecular complexity index is 1090. The van der Waals surface area contributed by atoms with E-state index in [0.717, 1.165) is 28.6 Å². The minimum absolute atomic E-state index is 0.326. The molecule has 0 saturated heterocycles. The fourth-order valence-corrected chi connectivity index (χ4v) is 3.76. The standard InChI is InChI=1S/C21H20ClN5OS/c1-14-11-15(2)27(26-14)18-7-3-16(4-8-18)13-29-21-23-20(24-25-21)12-28-19-9-5-17(22)6-10-19/h3-11H,12-13H2,1-2H3,(H,23,24,25). The van der Waals surface area contributed by atoms with Gasteiger partial charge in [-0.3, -0.25) is 5.10 Å². The number of hydrogen-bond donors (Lipinski definition) is 1. The van der Waals surface area contributed by atoms with Crippen LogP contribution < -0.4 is 4.74 Å². The van der Waals surface area contributed by atoms with E-state index in [9.17, 15) is 0 Å². The second kappa shape index (κ2) is 8.71. The zero-order chi connectivity index (χ0) is 20.2. The minimum Gasteiger partial charge on any atom is -0.486 e. The van der Waals surface area contributed by atoms with Crippen molar-refractivity contribution in [3.8, 4) is 11.4 Å². The van der Waals surface area contributed by atoms with Crippen molar-refractivity contribution in [1.29, 1.82) is 0 Å². The van der Waals surface area contributed by atoms with Gasteiger partial charge >= 0.3 is 0 Å². The normalized spacial score (nSPS) is 11.0. The lowest BCUT2D eigenvalue weighted by molar-refractivity contribution is 0.296. The van der Waals surface area contributed by atoms with Crippen molar-refractivity contribution in [2.45, 2.75) is 31.4 Å². The maximum atomic E-state index is 5.87. The van der Waals surface area contributed by atoms with Gasteiger partial charge in [-0.1, -0.05) is 35.5 Å². The molecule has 0 fully saturated rings. The molecule has 0 aliphatic carbocycles. The van der Waals surface area contributed by atoms with E-state index in [1.54, 1.807) is 23.9 Å². The van der Waals surface area contributed by atoms with Gasteiger partial charge in [-0.05, 0) is 61.9 Å². The number of H-pyrrole nitrogens is 1. The average molecular weight is 426 g/mol. The van der Waals surface area contributed by atoms with Crippen LogP contribution in [0.15, 0.2) is 59.8 Å². The second-order valence-electron chi connectivity index (χ2n) is 6.60. The van der Waals surface area contributed by atoms with Crippen LogP contribution in [-0.2, 0) is 12.4 Å². The molecule has 2 aromatic heterocycles. The molecule has 6 nitrogen and oxygen atoms in total. The molecule has 0 unspecified atom stereocenters. The Morgan fingerprint density at radius 3 is 2.52 bits per heavy atom. The highest BCUT2D eigenvalue weighted by Gasteiger charge is 2.07. The zero-order valence-electron chi connectivity index (χ0n) is 16.1. The van der Waals surface area contributed by atoms with Crippen molar-refractivity contribution in [1.82, 2.24) is 25.0 Å². The molecular weight excluding hydrogens is 406 g/mol. The molecule has 1 N–H and O–H groups in total. The summed E-state index contributed by atoms with van der Waals surface area (Å²) >= 11 is 7.45. The van der Waals surface area contributed by atoms with Crippen LogP contribution in [0.1, 0.15) is 22.8 Å². The number of nitrogens with one attached hydrogen (secondary N) is 1. The third kappa shape index (κ3) is 4.99. The highest BCUT2D eigenvalue weighted by Crippen LogP contribution is 2.21. The number of aromatic amines is 1. The Kier molecular flexibility index (Phi) is 5.87. The topological polar surface area (TPSA) is 68.6 Å². The first-order valence-corrected chi connectivity index (χ1v) is 10.5. The molecule has 0 aliphatic heterocycles. The summed E-state index contributed by atoms with van der Waals surface area (Å²) in [5.74, 6) is 2.21. The highest BCUT2D eigenvalue weighted by atomic mass is 35.5. The number of thioether (sulfide) groups is 1. The molecule has 148 valence electrons. The molecule has 4 aromatic rings.